The summed E-state index contributed by atoms with van der Waals surface area (Å²) in [6.07, 6.45) is 4.88. The number of tetrazole rings is 1. The van der Waals surface area contributed by atoms with Gasteiger partial charge in [-0.05, 0) is 35.0 Å². The number of hydrogen-bond donors (Lipinski definition) is 1. The maximum absolute atomic E-state index is 12.3. The molecule has 1 atom stereocenters. The van der Waals surface area contributed by atoms with Crippen LogP contribution in [-0.4, -0.2) is 44.2 Å². The van der Waals surface area contributed by atoms with Crippen molar-refractivity contribution in [2.45, 2.75) is 13.0 Å². The first-order valence-corrected chi connectivity index (χ1v) is 7.27. The van der Waals surface area contributed by atoms with Crippen LogP contribution in [-0.2, 0) is 0 Å². The van der Waals surface area contributed by atoms with Crippen LogP contribution in [0.25, 0.3) is 5.69 Å². The molecule has 7 nitrogen and oxygen atoms in total. The van der Waals surface area contributed by atoms with E-state index in [4.69, 9.17) is 0 Å². The van der Waals surface area contributed by atoms with Gasteiger partial charge in [-0.1, -0.05) is 24.3 Å². The normalized spacial score (nSPS) is 11.5. The van der Waals surface area contributed by atoms with E-state index in [2.05, 4.69) is 34.0 Å². The van der Waals surface area contributed by atoms with Crippen LogP contribution in [0.2, 0.25) is 0 Å². The molecule has 0 fully saturated rings. The summed E-state index contributed by atoms with van der Waals surface area (Å²) in [4.78, 5) is 14.0. The highest BCUT2D eigenvalue weighted by molar-refractivity contribution is 5.75. The Balaban J connectivity index is 2.23. The van der Waals surface area contributed by atoms with Crippen molar-refractivity contribution in [3.05, 3.63) is 61.5 Å². The Morgan fingerprint density at radius 1 is 1.43 bits per heavy atom. The molecule has 7 heteroatoms. The molecular formula is C16H20N6O. The standard InChI is InChI=1S/C16H20N6O/c1-4-9-17-16(23)21(10-5-2)13(3)14-7-6-8-15(11-14)22-12-18-19-20-22/h4-8,11-13H,1-2,9-10H2,3H3,(H,17,23)/t13-/m0/s1. The Morgan fingerprint density at radius 3 is 2.91 bits per heavy atom. The lowest BCUT2D eigenvalue weighted by Crippen LogP contribution is -2.41. The van der Waals surface area contributed by atoms with E-state index in [1.807, 2.05) is 31.2 Å². The molecule has 1 aromatic carbocycles. The molecule has 0 bridgehead atoms. The van der Waals surface area contributed by atoms with Crippen molar-refractivity contribution in [1.29, 1.82) is 0 Å². The largest absolute Gasteiger partial charge is 0.335 e. The fraction of sp³-hybridized carbons (Fsp3) is 0.250. The first-order chi connectivity index (χ1) is 11.2. The molecule has 1 heterocycles. The van der Waals surface area contributed by atoms with Crippen LogP contribution in [0.4, 0.5) is 4.79 Å². The Labute approximate surface area is 135 Å². The van der Waals surface area contributed by atoms with Crippen LogP contribution in [0, 0.1) is 0 Å². The van der Waals surface area contributed by atoms with Gasteiger partial charge in [-0.25, -0.2) is 9.48 Å². The van der Waals surface area contributed by atoms with Crippen LogP contribution < -0.4 is 5.32 Å². The molecule has 0 saturated heterocycles. The smallest absolute Gasteiger partial charge is 0.318 e. The molecule has 23 heavy (non-hydrogen) atoms. The number of rotatable bonds is 7. The lowest BCUT2D eigenvalue weighted by atomic mass is 10.1. The van der Waals surface area contributed by atoms with Gasteiger partial charge in [0.2, 0.25) is 0 Å². The monoisotopic (exact) mass is 312 g/mol. The number of nitrogens with one attached hydrogen (secondary N) is 1. The minimum atomic E-state index is -0.162. The molecule has 2 aromatic rings. The first kappa shape index (κ1) is 16.4. The van der Waals surface area contributed by atoms with Gasteiger partial charge in [0, 0.05) is 13.1 Å². The maximum Gasteiger partial charge on any atom is 0.318 e. The molecular weight excluding hydrogens is 292 g/mol. The van der Waals surface area contributed by atoms with Gasteiger partial charge in [0.1, 0.15) is 6.33 Å². The minimum Gasteiger partial charge on any atom is -0.335 e. The molecule has 0 unspecified atom stereocenters. The predicted molar refractivity (Wildman–Crippen MR) is 88.1 cm³/mol. The summed E-state index contributed by atoms with van der Waals surface area (Å²) in [5.41, 5.74) is 1.82. The number of amides is 2. The minimum absolute atomic E-state index is 0.130. The number of hydrogen-bond acceptors (Lipinski definition) is 4. The van der Waals surface area contributed by atoms with Gasteiger partial charge in [-0.2, -0.15) is 0 Å². The second-order valence-corrected chi connectivity index (χ2v) is 4.94. The third-order valence-corrected chi connectivity index (χ3v) is 3.42. The molecule has 0 radical (unpaired) electrons. The van der Waals surface area contributed by atoms with Gasteiger partial charge in [0.25, 0.3) is 0 Å². The summed E-state index contributed by atoms with van der Waals surface area (Å²) < 4.78 is 1.58. The Kier molecular flexibility index (Phi) is 5.62. The van der Waals surface area contributed by atoms with Crippen molar-refractivity contribution in [3.63, 3.8) is 0 Å². The lowest BCUT2D eigenvalue weighted by Gasteiger charge is -2.28. The third kappa shape index (κ3) is 4.03. The van der Waals surface area contributed by atoms with E-state index >= 15 is 0 Å². The molecule has 0 saturated carbocycles. The van der Waals surface area contributed by atoms with Crippen LogP contribution in [0.3, 0.4) is 0 Å². The molecule has 2 amide bonds. The molecule has 2 rings (SSSR count). The van der Waals surface area contributed by atoms with E-state index in [0.717, 1.165) is 11.3 Å². The lowest BCUT2D eigenvalue weighted by molar-refractivity contribution is 0.188. The SMILES string of the molecule is C=CCNC(=O)N(CC=C)[C@@H](C)c1cccc(-n2cnnn2)c1. The number of nitrogens with zero attached hydrogens (tertiary/aromatic N) is 5. The number of benzene rings is 1. The summed E-state index contributed by atoms with van der Waals surface area (Å²) in [5, 5.41) is 13.9. The van der Waals surface area contributed by atoms with E-state index in [-0.39, 0.29) is 12.1 Å². The van der Waals surface area contributed by atoms with E-state index in [1.165, 1.54) is 6.33 Å². The van der Waals surface area contributed by atoms with Crippen LogP contribution in [0.1, 0.15) is 18.5 Å². The van der Waals surface area contributed by atoms with Crippen molar-refractivity contribution in [2.75, 3.05) is 13.1 Å². The van der Waals surface area contributed by atoms with E-state index in [1.54, 1.807) is 21.7 Å². The summed E-state index contributed by atoms with van der Waals surface area (Å²) in [7, 11) is 0. The molecule has 1 N–H and O–H groups in total. The zero-order valence-corrected chi connectivity index (χ0v) is 13.1. The van der Waals surface area contributed by atoms with Crippen molar-refractivity contribution < 1.29 is 4.79 Å². The van der Waals surface area contributed by atoms with Crippen molar-refractivity contribution >= 4 is 6.03 Å². The Morgan fingerprint density at radius 2 is 2.26 bits per heavy atom. The van der Waals surface area contributed by atoms with Crippen LogP contribution >= 0.6 is 0 Å². The van der Waals surface area contributed by atoms with E-state index < -0.39 is 0 Å². The van der Waals surface area contributed by atoms with Crippen molar-refractivity contribution in [3.8, 4) is 5.69 Å². The van der Waals surface area contributed by atoms with Gasteiger partial charge in [-0.3, -0.25) is 0 Å². The van der Waals surface area contributed by atoms with Crippen LogP contribution in [0.15, 0.2) is 55.9 Å². The molecule has 1 aromatic heterocycles. The highest BCUT2D eigenvalue weighted by Crippen LogP contribution is 2.22. The Hall–Kier alpha value is -2.96. The fourth-order valence-electron chi connectivity index (χ4n) is 2.20. The first-order valence-electron chi connectivity index (χ1n) is 7.27. The van der Waals surface area contributed by atoms with Gasteiger partial charge in [-0.15, -0.1) is 18.3 Å². The highest BCUT2D eigenvalue weighted by Gasteiger charge is 2.20. The number of aromatic nitrogens is 4. The van der Waals surface area contributed by atoms with Crippen LogP contribution in [0.5, 0.6) is 0 Å². The summed E-state index contributed by atoms with van der Waals surface area (Å²) in [6, 6.07) is 7.45. The zero-order valence-electron chi connectivity index (χ0n) is 13.1. The van der Waals surface area contributed by atoms with Gasteiger partial charge >= 0.3 is 6.03 Å². The summed E-state index contributed by atoms with van der Waals surface area (Å²) in [5.74, 6) is 0. The summed E-state index contributed by atoms with van der Waals surface area (Å²) in [6.45, 7) is 10.2. The van der Waals surface area contributed by atoms with Crippen molar-refractivity contribution in [2.24, 2.45) is 0 Å². The third-order valence-electron chi connectivity index (χ3n) is 3.42. The quantitative estimate of drug-likeness (QED) is 0.794. The van der Waals surface area contributed by atoms with E-state index in [9.17, 15) is 4.79 Å². The fourth-order valence-corrected chi connectivity index (χ4v) is 2.20. The summed E-state index contributed by atoms with van der Waals surface area (Å²) >= 11 is 0. The highest BCUT2D eigenvalue weighted by atomic mass is 16.2. The van der Waals surface area contributed by atoms with E-state index in [0.29, 0.717) is 13.1 Å². The maximum atomic E-state index is 12.3. The van der Waals surface area contributed by atoms with Crippen molar-refractivity contribution in [1.82, 2.24) is 30.4 Å². The molecule has 0 spiro atoms. The number of urea groups is 1. The topological polar surface area (TPSA) is 75.9 Å². The second-order valence-electron chi connectivity index (χ2n) is 4.94. The second kappa shape index (κ2) is 7.88. The average Bonchev–Trinajstić information content (AvgIpc) is 3.11. The number of carbonyl (C=O) groups excluding carboxylic acids is 1. The van der Waals surface area contributed by atoms with Gasteiger partial charge < -0.3 is 10.2 Å². The molecule has 0 aliphatic rings. The molecule has 0 aliphatic heterocycles. The Bertz CT molecular complexity index is 667. The molecule has 0 aliphatic carbocycles. The average molecular weight is 312 g/mol. The number of carbonyl (C=O) groups is 1. The predicted octanol–water partition coefficient (Wildman–Crippen LogP) is 2.11. The van der Waals surface area contributed by atoms with Gasteiger partial charge in [0.15, 0.2) is 0 Å². The molecule has 120 valence electrons. The van der Waals surface area contributed by atoms with Gasteiger partial charge in [0.05, 0.1) is 11.7 Å². The zero-order chi connectivity index (χ0) is 16.7.